The van der Waals surface area contributed by atoms with E-state index in [2.05, 4.69) is 9.98 Å². The number of rotatable bonds is 3. The zero-order valence-corrected chi connectivity index (χ0v) is 6.32. The van der Waals surface area contributed by atoms with Crippen molar-refractivity contribution in [1.29, 1.82) is 0 Å². The first-order valence-electron chi connectivity index (χ1n) is 3.33. The van der Waals surface area contributed by atoms with Crippen LogP contribution in [0.5, 0.6) is 0 Å². The van der Waals surface area contributed by atoms with Gasteiger partial charge in [-0.25, -0.2) is 14.8 Å². The lowest BCUT2D eigenvalue weighted by Crippen LogP contribution is -1.96. The van der Waals surface area contributed by atoms with Crippen molar-refractivity contribution in [2.75, 3.05) is 6.54 Å². The highest BCUT2D eigenvalue weighted by molar-refractivity contribution is 5.32. The quantitative estimate of drug-likeness (QED) is 0.460. The van der Waals surface area contributed by atoms with Gasteiger partial charge in [-0.2, -0.15) is 0 Å². The van der Waals surface area contributed by atoms with Crippen LogP contribution in [-0.4, -0.2) is 22.2 Å². The average Bonchev–Trinajstić information content (AvgIpc) is 2.37. The molecule has 0 aliphatic rings. The van der Waals surface area contributed by atoms with Crippen molar-refractivity contribution in [3.8, 4) is 0 Å². The second-order valence-electron chi connectivity index (χ2n) is 2.22. The molecule has 0 saturated heterocycles. The molecule has 0 amide bonds. The Balaban J connectivity index is 2.50. The number of nitrogens with zero attached hydrogens (tertiary/aromatic N) is 3. The van der Waals surface area contributed by atoms with Gasteiger partial charge in [-0.05, 0) is 0 Å². The number of aryl methyl sites for hydroxylation is 1. The van der Waals surface area contributed by atoms with Crippen LogP contribution in [0.3, 0.4) is 0 Å². The lowest BCUT2D eigenvalue weighted by Gasteiger charge is -1.96. The summed E-state index contributed by atoms with van der Waals surface area (Å²) >= 11 is 0. The van der Waals surface area contributed by atoms with E-state index in [1.54, 1.807) is 12.5 Å². The molecule has 11 heavy (non-hydrogen) atoms. The first-order chi connectivity index (χ1) is 5.34. The van der Waals surface area contributed by atoms with E-state index in [1.165, 1.54) is 6.08 Å². The number of aliphatic imine (C=N–C) groups is 1. The molecule has 0 aromatic carbocycles. The number of aromatic nitrogens is 2. The van der Waals surface area contributed by atoms with E-state index in [4.69, 9.17) is 0 Å². The van der Waals surface area contributed by atoms with Crippen LogP contribution in [-0.2, 0) is 18.3 Å². The molecule has 0 fully saturated rings. The average molecular weight is 151 g/mol. The maximum atomic E-state index is 9.70. The van der Waals surface area contributed by atoms with Crippen LogP contribution in [0.4, 0.5) is 0 Å². The molecule has 58 valence electrons. The normalized spacial score (nSPS) is 9.18. The number of hydrogen-bond donors (Lipinski definition) is 0. The molecule has 0 aliphatic heterocycles. The molecule has 0 spiro atoms. The van der Waals surface area contributed by atoms with E-state index in [0.29, 0.717) is 6.54 Å². The molecule has 1 aromatic heterocycles. The molecule has 0 unspecified atom stereocenters. The summed E-state index contributed by atoms with van der Waals surface area (Å²) in [5.41, 5.74) is 1.07. The Morgan fingerprint density at radius 1 is 1.82 bits per heavy atom. The van der Waals surface area contributed by atoms with E-state index in [9.17, 15) is 4.79 Å². The van der Waals surface area contributed by atoms with Crippen LogP contribution < -0.4 is 0 Å². The predicted molar refractivity (Wildman–Crippen MR) is 39.9 cm³/mol. The minimum atomic E-state index is 0.489. The zero-order valence-electron chi connectivity index (χ0n) is 6.32. The van der Waals surface area contributed by atoms with Gasteiger partial charge < -0.3 is 4.57 Å². The van der Waals surface area contributed by atoms with E-state index in [1.807, 2.05) is 11.6 Å². The Morgan fingerprint density at radius 3 is 3.18 bits per heavy atom. The monoisotopic (exact) mass is 151 g/mol. The summed E-state index contributed by atoms with van der Waals surface area (Å²) in [5, 5.41) is 0. The molecule has 4 nitrogen and oxygen atoms in total. The Hall–Kier alpha value is -1.41. The molecule has 0 aliphatic carbocycles. The number of carbonyl (C=O) groups excluding carboxylic acids is 1. The second kappa shape index (κ2) is 3.68. The summed E-state index contributed by atoms with van der Waals surface area (Å²) in [5.74, 6) is 0. The lowest BCUT2D eigenvalue weighted by molar-refractivity contribution is 0.562. The highest BCUT2D eigenvalue weighted by Crippen LogP contribution is 1.96. The topological polar surface area (TPSA) is 47.2 Å². The molecule has 1 rings (SSSR count). The van der Waals surface area contributed by atoms with Gasteiger partial charge in [0.1, 0.15) is 0 Å². The summed E-state index contributed by atoms with van der Waals surface area (Å²) in [6.45, 7) is 0.489. The maximum Gasteiger partial charge on any atom is 0.234 e. The molecule has 0 N–H and O–H groups in total. The highest BCUT2D eigenvalue weighted by atomic mass is 16.1. The van der Waals surface area contributed by atoms with Crippen molar-refractivity contribution >= 4 is 6.08 Å². The van der Waals surface area contributed by atoms with Crippen molar-refractivity contribution in [2.24, 2.45) is 12.0 Å². The van der Waals surface area contributed by atoms with E-state index in [0.717, 1.165) is 12.1 Å². The fourth-order valence-electron chi connectivity index (χ4n) is 0.842. The lowest BCUT2D eigenvalue weighted by atomic mass is 10.3. The molecule has 0 bridgehead atoms. The van der Waals surface area contributed by atoms with Crippen LogP contribution >= 0.6 is 0 Å². The SMILES string of the molecule is Cn1cncc1CCN=C=O. The van der Waals surface area contributed by atoms with Gasteiger partial charge in [0.25, 0.3) is 0 Å². The zero-order chi connectivity index (χ0) is 8.10. The summed E-state index contributed by atoms with van der Waals surface area (Å²) in [6, 6.07) is 0. The fraction of sp³-hybridized carbons (Fsp3) is 0.429. The van der Waals surface area contributed by atoms with Gasteiger partial charge in [-0.15, -0.1) is 0 Å². The van der Waals surface area contributed by atoms with Gasteiger partial charge in [0.15, 0.2) is 0 Å². The Morgan fingerprint density at radius 2 is 2.64 bits per heavy atom. The van der Waals surface area contributed by atoms with E-state index >= 15 is 0 Å². The summed E-state index contributed by atoms with van der Waals surface area (Å²) < 4.78 is 1.90. The van der Waals surface area contributed by atoms with Gasteiger partial charge in [0.2, 0.25) is 6.08 Å². The summed E-state index contributed by atoms with van der Waals surface area (Å²) in [4.78, 5) is 17.1. The van der Waals surface area contributed by atoms with Gasteiger partial charge >= 0.3 is 0 Å². The van der Waals surface area contributed by atoms with Crippen molar-refractivity contribution in [2.45, 2.75) is 6.42 Å². The standard InChI is InChI=1S/C7H9N3O/c1-10-5-9-4-7(10)2-3-8-6-11/h4-5H,2-3H2,1H3. The van der Waals surface area contributed by atoms with Gasteiger partial charge in [-0.1, -0.05) is 0 Å². The molecule has 1 aromatic rings. The minimum absolute atomic E-state index is 0.489. The van der Waals surface area contributed by atoms with Gasteiger partial charge in [0, 0.05) is 25.4 Å². The smallest absolute Gasteiger partial charge is 0.234 e. The Labute approximate surface area is 64.6 Å². The molecule has 4 heteroatoms. The second-order valence-corrected chi connectivity index (χ2v) is 2.22. The maximum absolute atomic E-state index is 9.70. The largest absolute Gasteiger partial charge is 0.338 e. The summed E-state index contributed by atoms with van der Waals surface area (Å²) in [6.07, 6.45) is 5.72. The number of isocyanates is 1. The third-order valence-electron chi connectivity index (χ3n) is 1.46. The Bertz CT molecular complexity index is 273. The minimum Gasteiger partial charge on any atom is -0.338 e. The molecule has 0 radical (unpaired) electrons. The molecular weight excluding hydrogens is 142 g/mol. The van der Waals surface area contributed by atoms with Crippen LogP contribution in [0.1, 0.15) is 5.69 Å². The van der Waals surface area contributed by atoms with Crippen LogP contribution in [0.25, 0.3) is 0 Å². The van der Waals surface area contributed by atoms with Crippen LogP contribution in [0, 0.1) is 0 Å². The third kappa shape index (κ3) is 2.02. The van der Waals surface area contributed by atoms with Crippen molar-refractivity contribution in [3.63, 3.8) is 0 Å². The molecular formula is C7H9N3O. The van der Waals surface area contributed by atoms with Gasteiger partial charge in [-0.3, -0.25) is 0 Å². The fourth-order valence-corrected chi connectivity index (χ4v) is 0.842. The van der Waals surface area contributed by atoms with Crippen LogP contribution in [0.2, 0.25) is 0 Å². The predicted octanol–water partition coefficient (Wildman–Crippen LogP) is 0.298. The number of imidazole rings is 1. The molecule has 0 saturated carbocycles. The highest BCUT2D eigenvalue weighted by Gasteiger charge is 1.95. The van der Waals surface area contributed by atoms with Crippen LogP contribution in [0.15, 0.2) is 17.5 Å². The first kappa shape index (κ1) is 7.69. The van der Waals surface area contributed by atoms with Crippen molar-refractivity contribution in [1.82, 2.24) is 9.55 Å². The summed E-state index contributed by atoms with van der Waals surface area (Å²) in [7, 11) is 1.91. The van der Waals surface area contributed by atoms with Crippen molar-refractivity contribution < 1.29 is 4.79 Å². The van der Waals surface area contributed by atoms with Gasteiger partial charge in [0.05, 0.1) is 12.9 Å². The number of hydrogen-bond acceptors (Lipinski definition) is 3. The molecule has 0 atom stereocenters. The first-order valence-corrected chi connectivity index (χ1v) is 3.33. The van der Waals surface area contributed by atoms with E-state index < -0.39 is 0 Å². The Kier molecular flexibility index (Phi) is 2.58. The van der Waals surface area contributed by atoms with Crippen molar-refractivity contribution in [3.05, 3.63) is 18.2 Å². The molecule has 1 heterocycles. The third-order valence-corrected chi connectivity index (χ3v) is 1.46. The van der Waals surface area contributed by atoms with E-state index in [-0.39, 0.29) is 0 Å².